The summed E-state index contributed by atoms with van der Waals surface area (Å²) in [5.41, 5.74) is 2.99. The molecule has 3 aromatic rings. The van der Waals surface area contributed by atoms with Gasteiger partial charge < -0.3 is 10.6 Å². The van der Waals surface area contributed by atoms with Gasteiger partial charge in [0, 0.05) is 24.3 Å². The van der Waals surface area contributed by atoms with Crippen LogP contribution in [0.15, 0.2) is 54.6 Å². The van der Waals surface area contributed by atoms with Crippen LogP contribution in [0.5, 0.6) is 0 Å². The van der Waals surface area contributed by atoms with Crippen LogP contribution in [0, 0.1) is 19.7 Å². The summed E-state index contributed by atoms with van der Waals surface area (Å²) < 4.78 is 15.5. The first kappa shape index (κ1) is 23.1. The highest BCUT2D eigenvalue weighted by Crippen LogP contribution is 2.30. The van der Waals surface area contributed by atoms with Crippen molar-refractivity contribution in [2.75, 3.05) is 25.0 Å². The lowest BCUT2D eigenvalue weighted by Crippen LogP contribution is -2.53. The highest BCUT2D eigenvalue weighted by molar-refractivity contribution is 6.02. The monoisotopic (exact) mass is 464 g/mol. The number of nitrogens with one attached hydrogen (secondary N) is 3. The number of hydrogen-bond acceptors (Lipinski definition) is 5. The Kier molecular flexibility index (Phi) is 6.69. The van der Waals surface area contributed by atoms with Gasteiger partial charge in [-0.3, -0.25) is 19.8 Å². The Bertz CT molecular complexity index is 1230. The molecule has 34 heavy (non-hydrogen) atoms. The summed E-state index contributed by atoms with van der Waals surface area (Å²) in [7, 11) is 0. The normalized spacial score (nSPS) is 16.1. The Morgan fingerprint density at radius 2 is 1.82 bits per heavy atom. The Hall–Kier alpha value is -4.05. The number of hydrogen-bond donors (Lipinski definition) is 3. The van der Waals surface area contributed by atoms with Crippen LogP contribution < -0.4 is 16.0 Å². The first-order valence-electron chi connectivity index (χ1n) is 10.8. The van der Waals surface area contributed by atoms with E-state index in [0.717, 1.165) is 11.4 Å². The molecule has 1 unspecified atom stereocenters. The van der Waals surface area contributed by atoms with Gasteiger partial charge in [-0.05, 0) is 38.1 Å². The van der Waals surface area contributed by atoms with Gasteiger partial charge in [0.05, 0.1) is 23.6 Å². The number of imide groups is 1. The molecule has 176 valence electrons. The van der Waals surface area contributed by atoms with Crippen LogP contribution >= 0.6 is 0 Å². The molecule has 4 rings (SSSR count). The van der Waals surface area contributed by atoms with Crippen molar-refractivity contribution in [1.82, 2.24) is 25.3 Å². The van der Waals surface area contributed by atoms with Gasteiger partial charge >= 0.3 is 6.03 Å². The highest BCUT2D eigenvalue weighted by atomic mass is 19.1. The molecule has 4 amide bonds. The number of piperazine rings is 1. The molecule has 9 nitrogen and oxygen atoms in total. The van der Waals surface area contributed by atoms with Crippen LogP contribution in [0.2, 0.25) is 0 Å². The number of halogens is 1. The lowest BCUT2D eigenvalue weighted by Gasteiger charge is -2.34. The summed E-state index contributed by atoms with van der Waals surface area (Å²) in [4.78, 5) is 39.4. The van der Waals surface area contributed by atoms with Gasteiger partial charge in [0.1, 0.15) is 11.9 Å². The summed E-state index contributed by atoms with van der Waals surface area (Å²) >= 11 is 0. The molecule has 0 aliphatic carbocycles. The van der Waals surface area contributed by atoms with Crippen molar-refractivity contribution in [3.05, 3.63) is 77.4 Å². The van der Waals surface area contributed by atoms with Crippen molar-refractivity contribution < 1.29 is 18.8 Å². The van der Waals surface area contributed by atoms with E-state index in [1.807, 2.05) is 44.2 Å². The van der Waals surface area contributed by atoms with E-state index in [4.69, 9.17) is 0 Å². The zero-order chi connectivity index (χ0) is 24.2. The fourth-order valence-electron chi connectivity index (χ4n) is 4.14. The number of para-hydroxylation sites is 2. The van der Waals surface area contributed by atoms with Crippen molar-refractivity contribution in [2.45, 2.75) is 19.9 Å². The minimum Gasteiger partial charge on any atom is -0.353 e. The molecule has 10 heteroatoms. The molecule has 0 spiro atoms. The summed E-state index contributed by atoms with van der Waals surface area (Å²) in [6.07, 6.45) is 0. The van der Waals surface area contributed by atoms with E-state index in [9.17, 15) is 18.8 Å². The number of rotatable bonds is 5. The molecule has 1 saturated heterocycles. The second-order valence-corrected chi connectivity index (χ2v) is 7.98. The van der Waals surface area contributed by atoms with E-state index >= 15 is 0 Å². The Balaban J connectivity index is 1.51. The average molecular weight is 465 g/mol. The van der Waals surface area contributed by atoms with Crippen molar-refractivity contribution in [3.63, 3.8) is 0 Å². The van der Waals surface area contributed by atoms with Gasteiger partial charge in [0.25, 0.3) is 0 Å². The highest BCUT2D eigenvalue weighted by Gasteiger charge is 2.36. The van der Waals surface area contributed by atoms with Gasteiger partial charge in [-0.15, -0.1) is 0 Å². The number of amides is 4. The first-order chi connectivity index (χ1) is 16.3. The van der Waals surface area contributed by atoms with Crippen molar-refractivity contribution >= 4 is 23.5 Å². The van der Waals surface area contributed by atoms with Crippen LogP contribution in [0.25, 0.3) is 5.69 Å². The largest absolute Gasteiger partial charge is 0.353 e. The number of carbonyl (C=O) groups is 3. The molecular weight excluding hydrogens is 439 g/mol. The van der Waals surface area contributed by atoms with Gasteiger partial charge in [-0.25, -0.2) is 13.9 Å². The summed E-state index contributed by atoms with van der Waals surface area (Å²) in [6.45, 7) is 4.29. The summed E-state index contributed by atoms with van der Waals surface area (Å²) in [5.74, 6) is -1.47. The number of aromatic nitrogens is 2. The van der Waals surface area contributed by atoms with Gasteiger partial charge in [-0.1, -0.05) is 30.3 Å². The number of anilines is 1. The average Bonchev–Trinajstić information content (AvgIpc) is 3.10. The molecule has 3 N–H and O–H groups in total. The minimum absolute atomic E-state index is 0.0393. The SMILES string of the molecule is Cc1nn(-c2ccccc2)c(C)c1C1C(=O)NCCN1CC(=O)NC(=O)Nc1ccccc1F. The lowest BCUT2D eigenvalue weighted by atomic mass is 10.00. The van der Waals surface area contributed by atoms with Gasteiger partial charge in [-0.2, -0.15) is 5.10 Å². The van der Waals surface area contributed by atoms with E-state index in [0.29, 0.717) is 24.3 Å². The molecule has 2 aromatic carbocycles. The second-order valence-electron chi connectivity index (χ2n) is 7.98. The maximum Gasteiger partial charge on any atom is 0.326 e. The third-order valence-electron chi connectivity index (χ3n) is 5.65. The van der Waals surface area contributed by atoms with Crippen LogP contribution in [0.3, 0.4) is 0 Å². The Morgan fingerprint density at radius 3 is 2.56 bits per heavy atom. The van der Waals surface area contributed by atoms with Crippen LogP contribution in [0.1, 0.15) is 23.0 Å². The fourth-order valence-corrected chi connectivity index (χ4v) is 4.14. The minimum atomic E-state index is -0.850. The summed E-state index contributed by atoms with van der Waals surface area (Å²) in [5, 5.41) is 12.0. The van der Waals surface area contributed by atoms with E-state index in [1.165, 1.54) is 18.2 Å². The molecule has 1 atom stereocenters. The number of benzene rings is 2. The Labute approximate surface area is 195 Å². The van der Waals surface area contributed by atoms with E-state index < -0.39 is 23.8 Å². The summed E-state index contributed by atoms with van der Waals surface area (Å²) in [6, 6.07) is 13.6. The zero-order valence-corrected chi connectivity index (χ0v) is 18.8. The van der Waals surface area contributed by atoms with Crippen molar-refractivity contribution in [1.29, 1.82) is 0 Å². The fraction of sp³-hybridized carbons (Fsp3) is 0.250. The molecule has 0 radical (unpaired) electrons. The van der Waals surface area contributed by atoms with Gasteiger partial charge in [0.2, 0.25) is 11.8 Å². The van der Waals surface area contributed by atoms with Crippen LogP contribution in [0.4, 0.5) is 14.9 Å². The smallest absolute Gasteiger partial charge is 0.326 e. The maximum absolute atomic E-state index is 13.8. The number of aryl methyl sites for hydroxylation is 1. The lowest BCUT2D eigenvalue weighted by molar-refractivity contribution is -0.131. The number of urea groups is 1. The molecule has 2 heterocycles. The zero-order valence-electron chi connectivity index (χ0n) is 18.8. The quantitative estimate of drug-likeness (QED) is 0.538. The number of carbonyl (C=O) groups excluding carboxylic acids is 3. The van der Waals surface area contributed by atoms with Crippen LogP contribution in [-0.2, 0) is 9.59 Å². The molecule has 0 bridgehead atoms. The van der Waals surface area contributed by atoms with Gasteiger partial charge in [0.15, 0.2) is 0 Å². The van der Waals surface area contributed by atoms with E-state index in [-0.39, 0.29) is 18.1 Å². The third kappa shape index (κ3) is 4.81. The molecule has 1 fully saturated rings. The third-order valence-corrected chi connectivity index (χ3v) is 5.65. The van der Waals surface area contributed by atoms with Crippen LogP contribution in [-0.4, -0.2) is 52.2 Å². The number of nitrogens with zero attached hydrogens (tertiary/aromatic N) is 3. The van der Waals surface area contributed by atoms with E-state index in [1.54, 1.807) is 15.6 Å². The maximum atomic E-state index is 13.8. The predicted molar refractivity (Wildman–Crippen MR) is 124 cm³/mol. The molecule has 1 aromatic heterocycles. The molecule has 1 aliphatic heterocycles. The first-order valence-corrected chi connectivity index (χ1v) is 10.8. The van der Waals surface area contributed by atoms with Crippen molar-refractivity contribution in [2.24, 2.45) is 0 Å². The topological polar surface area (TPSA) is 108 Å². The predicted octanol–water partition coefficient (Wildman–Crippen LogP) is 2.45. The molecule has 0 saturated carbocycles. The van der Waals surface area contributed by atoms with Crippen molar-refractivity contribution in [3.8, 4) is 5.69 Å². The Morgan fingerprint density at radius 1 is 1.12 bits per heavy atom. The molecule has 1 aliphatic rings. The molecular formula is C24H25FN6O3. The standard InChI is InChI=1S/C24H25FN6O3/c1-15-21(16(2)31(29-15)17-8-4-3-5-9-17)22-23(33)26-12-13-30(22)14-20(32)28-24(34)27-19-11-7-6-10-18(19)25/h3-11,22H,12-14H2,1-2H3,(H,26,33)(H2,27,28,32,34). The van der Waals surface area contributed by atoms with E-state index in [2.05, 4.69) is 21.0 Å². The second kappa shape index (κ2) is 9.84.